The molecule has 0 radical (unpaired) electrons. The van der Waals surface area contributed by atoms with E-state index in [4.69, 9.17) is 15.7 Å². The van der Waals surface area contributed by atoms with Gasteiger partial charge in [-0.05, 0) is 30.3 Å². The molecular formula is C14H8F4N2O. The Bertz CT molecular complexity index is 720. The van der Waals surface area contributed by atoms with Crippen LogP contribution in [0.15, 0.2) is 36.4 Å². The Balaban J connectivity index is 2.40. The van der Waals surface area contributed by atoms with Crippen LogP contribution in [0, 0.1) is 17.1 Å². The average molecular weight is 296 g/mol. The SMILES string of the molecule is N#Cc1ccc(Oc2ccc(N)cc2F)cc1C(F)(F)F. The van der Waals surface area contributed by atoms with E-state index in [0.29, 0.717) is 6.07 Å². The van der Waals surface area contributed by atoms with Gasteiger partial charge in [0.15, 0.2) is 11.6 Å². The number of alkyl halides is 3. The zero-order valence-corrected chi connectivity index (χ0v) is 10.4. The maximum atomic E-state index is 13.5. The lowest BCUT2D eigenvalue weighted by Crippen LogP contribution is -2.08. The number of hydrogen-bond acceptors (Lipinski definition) is 3. The molecule has 0 unspecified atom stereocenters. The van der Waals surface area contributed by atoms with Gasteiger partial charge in [0, 0.05) is 11.8 Å². The summed E-state index contributed by atoms with van der Waals surface area (Å²) < 4.78 is 57.0. The second-order valence-electron chi connectivity index (χ2n) is 4.11. The number of halogens is 4. The number of ether oxygens (including phenoxy) is 1. The summed E-state index contributed by atoms with van der Waals surface area (Å²) in [7, 11) is 0. The molecule has 0 saturated heterocycles. The fraction of sp³-hybridized carbons (Fsp3) is 0.0714. The van der Waals surface area contributed by atoms with E-state index in [-0.39, 0.29) is 17.2 Å². The van der Waals surface area contributed by atoms with Crippen molar-refractivity contribution in [3.63, 3.8) is 0 Å². The molecule has 0 aliphatic carbocycles. The second-order valence-corrected chi connectivity index (χ2v) is 4.11. The molecular weight excluding hydrogens is 288 g/mol. The van der Waals surface area contributed by atoms with Crippen LogP contribution in [0.2, 0.25) is 0 Å². The average Bonchev–Trinajstić information content (AvgIpc) is 2.41. The van der Waals surface area contributed by atoms with E-state index in [0.717, 1.165) is 18.2 Å². The van der Waals surface area contributed by atoms with Gasteiger partial charge in [0.1, 0.15) is 5.75 Å². The smallest absolute Gasteiger partial charge is 0.417 e. The highest BCUT2D eigenvalue weighted by atomic mass is 19.4. The minimum absolute atomic E-state index is 0.163. The molecule has 3 nitrogen and oxygen atoms in total. The van der Waals surface area contributed by atoms with E-state index < -0.39 is 23.1 Å². The molecule has 7 heteroatoms. The maximum Gasteiger partial charge on any atom is 0.417 e. The monoisotopic (exact) mass is 296 g/mol. The first kappa shape index (κ1) is 14.7. The molecule has 2 aromatic carbocycles. The summed E-state index contributed by atoms with van der Waals surface area (Å²) in [6, 6.07) is 7.76. The predicted octanol–water partition coefficient (Wildman–Crippen LogP) is 4.09. The zero-order valence-electron chi connectivity index (χ0n) is 10.4. The Morgan fingerprint density at radius 3 is 2.38 bits per heavy atom. The summed E-state index contributed by atoms with van der Waals surface area (Å²) in [6.45, 7) is 0. The first-order chi connectivity index (χ1) is 9.81. The zero-order chi connectivity index (χ0) is 15.6. The van der Waals surface area contributed by atoms with E-state index in [1.807, 2.05) is 0 Å². The fourth-order valence-corrected chi connectivity index (χ4v) is 1.65. The lowest BCUT2D eigenvalue weighted by Gasteiger charge is -2.12. The van der Waals surface area contributed by atoms with Gasteiger partial charge in [0.2, 0.25) is 0 Å². The normalized spacial score (nSPS) is 11.0. The van der Waals surface area contributed by atoms with Gasteiger partial charge in [-0.2, -0.15) is 18.4 Å². The van der Waals surface area contributed by atoms with Crippen LogP contribution >= 0.6 is 0 Å². The molecule has 0 bridgehead atoms. The van der Waals surface area contributed by atoms with E-state index in [1.54, 1.807) is 0 Å². The molecule has 2 N–H and O–H groups in total. The predicted molar refractivity (Wildman–Crippen MR) is 67.0 cm³/mol. The van der Waals surface area contributed by atoms with Gasteiger partial charge in [-0.1, -0.05) is 0 Å². The molecule has 0 aliphatic rings. The molecule has 0 aliphatic heterocycles. The molecule has 108 valence electrons. The number of hydrogen-bond donors (Lipinski definition) is 1. The number of rotatable bonds is 2. The van der Waals surface area contributed by atoms with Gasteiger partial charge in [-0.25, -0.2) is 4.39 Å². The van der Waals surface area contributed by atoms with Crippen LogP contribution in [0.3, 0.4) is 0 Å². The van der Waals surface area contributed by atoms with Crippen LogP contribution in [0.5, 0.6) is 11.5 Å². The van der Waals surface area contributed by atoms with Crippen LogP contribution in [0.4, 0.5) is 23.2 Å². The number of nitriles is 1. The lowest BCUT2D eigenvalue weighted by molar-refractivity contribution is -0.137. The minimum atomic E-state index is -4.70. The van der Waals surface area contributed by atoms with Crippen molar-refractivity contribution in [1.82, 2.24) is 0 Å². The number of benzene rings is 2. The van der Waals surface area contributed by atoms with Crippen LogP contribution in [0.1, 0.15) is 11.1 Å². The highest BCUT2D eigenvalue weighted by Gasteiger charge is 2.34. The molecule has 0 fully saturated rings. The lowest BCUT2D eigenvalue weighted by atomic mass is 10.1. The first-order valence-electron chi connectivity index (χ1n) is 5.65. The van der Waals surface area contributed by atoms with E-state index in [1.165, 1.54) is 18.2 Å². The highest BCUT2D eigenvalue weighted by molar-refractivity contribution is 5.47. The maximum absolute atomic E-state index is 13.5. The minimum Gasteiger partial charge on any atom is -0.454 e. The van der Waals surface area contributed by atoms with Crippen LogP contribution in [-0.4, -0.2) is 0 Å². The van der Waals surface area contributed by atoms with Crippen molar-refractivity contribution in [3.8, 4) is 17.6 Å². The molecule has 2 aromatic rings. The van der Waals surface area contributed by atoms with Gasteiger partial charge in [-0.15, -0.1) is 0 Å². The highest BCUT2D eigenvalue weighted by Crippen LogP contribution is 2.35. The van der Waals surface area contributed by atoms with Gasteiger partial charge in [-0.3, -0.25) is 0 Å². The molecule has 21 heavy (non-hydrogen) atoms. The fourth-order valence-electron chi connectivity index (χ4n) is 1.65. The number of anilines is 1. The standard InChI is InChI=1S/C14H8F4N2O/c15-12-5-9(20)2-4-13(12)21-10-3-1-8(7-19)11(6-10)14(16,17)18/h1-6H,20H2. The number of nitrogens with zero attached hydrogens (tertiary/aromatic N) is 1. The molecule has 2 rings (SSSR count). The van der Waals surface area contributed by atoms with Crippen molar-refractivity contribution in [2.45, 2.75) is 6.18 Å². The van der Waals surface area contributed by atoms with Crippen LogP contribution < -0.4 is 10.5 Å². The van der Waals surface area contributed by atoms with Crippen molar-refractivity contribution in [2.24, 2.45) is 0 Å². The Kier molecular flexibility index (Phi) is 3.72. The molecule has 0 heterocycles. The second kappa shape index (κ2) is 5.32. The van der Waals surface area contributed by atoms with Crippen LogP contribution in [-0.2, 0) is 6.18 Å². The van der Waals surface area contributed by atoms with Crippen molar-refractivity contribution in [2.75, 3.05) is 5.73 Å². The van der Waals surface area contributed by atoms with Crippen molar-refractivity contribution >= 4 is 5.69 Å². The van der Waals surface area contributed by atoms with Crippen molar-refractivity contribution in [1.29, 1.82) is 5.26 Å². The molecule has 0 atom stereocenters. The van der Waals surface area contributed by atoms with Gasteiger partial charge in [0.25, 0.3) is 0 Å². The van der Waals surface area contributed by atoms with Crippen molar-refractivity contribution in [3.05, 3.63) is 53.3 Å². The quantitative estimate of drug-likeness (QED) is 0.670. The van der Waals surface area contributed by atoms with Crippen LogP contribution in [0.25, 0.3) is 0 Å². The number of nitrogens with two attached hydrogens (primary N) is 1. The summed E-state index contributed by atoms with van der Waals surface area (Å²) in [5, 5.41) is 8.67. The van der Waals surface area contributed by atoms with Gasteiger partial charge < -0.3 is 10.5 Å². The molecule has 0 aromatic heterocycles. The van der Waals surface area contributed by atoms with E-state index >= 15 is 0 Å². The summed E-state index contributed by atoms with van der Waals surface area (Å²) in [5.74, 6) is -1.29. The Hall–Kier alpha value is -2.75. The first-order valence-corrected chi connectivity index (χ1v) is 5.65. The van der Waals surface area contributed by atoms with E-state index in [2.05, 4.69) is 0 Å². The Labute approximate surface area is 117 Å². The summed E-state index contributed by atoms with van der Waals surface area (Å²) in [6.07, 6.45) is -4.70. The largest absolute Gasteiger partial charge is 0.454 e. The number of nitrogen functional groups attached to an aromatic ring is 1. The third kappa shape index (κ3) is 3.23. The van der Waals surface area contributed by atoms with Gasteiger partial charge >= 0.3 is 6.18 Å². The third-order valence-electron chi connectivity index (χ3n) is 2.60. The van der Waals surface area contributed by atoms with Gasteiger partial charge in [0.05, 0.1) is 17.2 Å². The Morgan fingerprint density at radius 1 is 1.10 bits per heavy atom. The summed E-state index contributed by atoms with van der Waals surface area (Å²) in [5.41, 5.74) is 3.85. The van der Waals surface area contributed by atoms with E-state index in [9.17, 15) is 17.6 Å². The molecule has 0 spiro atoms. The third-order valence-corrected chi connectivity index (χ3v) is 2.60. The molecule has 0 saturated carbocycles. The Morgan fingerprint density at radius 2 is 1.81 bits per heavy atom. The summed E-state index contributed by atoms with van der Waals surface area (Å²) in [4.78, 5) is 0. The summed E-state index contributed by atoms with van der Waals surface area (Å²) >= 11 is 0. The molecule has 0 amide bonds. The van der Waals surface area contributed by atoms with Crippen molar-refractivity contribution < 1.29 is 22.3 Å². The topological polar surface area (TPSA) is 59.0 Å².